The summed E-state index contributed by atoms with van der Waals surface area (Å²) >= 11 is 0. The average molecular weight is 317 g/mol. The van der Waals surface area contributed by atoms with Gasteiger partial charge < -0.3 is 9.15 Å². The molecule has 0 aromatic carbocycles. The number of rotatable bonds is 4. The average Bonchev–Trinajstić information content (AvgIpc) is 2.83. The lowest BCUT2D eigenvalue weighted by molar-refractivity contribution is -0.0177. The summed E-state index contributed by atoms with van der Waals surface area (Å²) in [5, 5.41) is 7.66. The van der Waals surface area contributed by atoms with E-state index in [0.29, 0.717) is 31.4 Å². The second kappa shape index (κ2) is 6.02. The number of hydrogen-bond donors (Lipinski definition) is 0. The molecule has 0 amide bonds. The highest BCUT2D eigenvalue weighted by Gasteiger charge is 2.33. The maximum absolute atomic E-state index is 12.4. The number of morpholine rings is 1. The van der Waals surface area contributed by atoms with Crippen molar-refractivity contribution in [2.24, 2.45) is 5.41 Å². The molecule has 120 valence electrons. The van der Waals surface area contributed by atoms with E-state index in [0.717, 1.165) is 0 Å². The molecule has 1 aromatic rings. The number of ether oxygens (including phenoxy) is 1. The first-order chi connectivity index (χ1) is 9.67. The summed E-state index contributed by atoms with van der Waals surface area (Å²) in [5.74, 6) is 0.927. The van der Waals surface area contributed by atoms with Gasteiger partial charge in [0.15, 0.2) is 0 Å². The van der Waals surface area contributed by atoms with Gasteiger partial charge in [0.05, 0.1) is 12.4 Å². The van der Waals surface area contributed by atoms with Gasteiger partial charge in [0.25, 0.3) is 0 Å². The summed E-state index contributed by atoms with van der Waals surface area (Å²) in [7, 11) is -3.29. The molecule has 1 aliphatic heterocycles. The highest BCUT2D eigenvalue weighted by molar-refractivity contribution is 7.89. The van der Waals surface area contributed by atoms with Gasteiger partial charge >= 0.3 is 0 Å². The van der Waals surface area contributed by atoms with Crippen LogP contribution >= 0.6 is 0 Å². The van der Waals surface area contributed by atoms with Gasteiger partial charge in [-0.15, -0.1) is 10.2 Å². The third-order valence-corrected chi connectivity index (χ3v) is 5.19. The topological polar surface area (TPSA) is 85.5 Å². The Morgan fingerprint density at radius 2 is 2.05 bits per heavy atom. The van der Waals surface area contributed by atoms with Gasteiger partial charge in [-0.1, -0.05) is 20.8 Å². The Kier molecular flexibility index (Phi) is 4.69. The van der Waals surface area contributed by atoms with Crippen molar-refractivity contribution in [3.63, 3.8) is 0 Å². The van der Waals surface area contributed by atoms with Crippen LogP contribution in [0.2, 0.25) is 0 Å². The molecule has 1 aliphatic rings. The van der Waals surface area contributed by atoms with Crippen molar-refractivity contribution in [1.29, 1.82) is 0 Å². The highest BCUT2D eigenvalue weighted by atomic mass is 32.2. The van der Waals surface area contributed by atoms with Crippen molar-refractivity contribution in [1.82, 2.24) is 14.5 Å². The largest absolute Gasteiger partial charge is 0.423 e. The van der Waals surface area contributed by atoms with Crippen LogP contribution in [0.1, 0.15) is 45.1 Å². The molecule has 0 radical (unpaired) electrons. The number of aromatic nitrogens is 2. The minimum absolute atomic E-state index is 0.0116. The second-order valence-corrected chi connectivity index (χ2v) is 8.59. The SMILES string of the molecule is Cc1nnc([C@@H]2CN(S(=O)(=O)CCC(C)(C)C)CCO2)o1. The predicted octanol–water partition coefficient (Wildman–Crippen LogP) is 1.52. The number of aryl methyl sites for hydroxylation is 1. The molecule has 0 N–H and O–H groups in total. The van der Waals surface area contributed by atoms with Crippen molar-refractivity contribution in [2.75, 3.05) is 25.4 Å². The maximum atomic E-state index is 12.4. The van der Waals surface area contributed by atoms with E-state index in [1.165, 1.54) is 4.31 Å². The van der Waals surface area contributed by atoms with Crippen LogP contribution in [-0.2, 0) is 14.8 Å². The van der Waals surface area contributed by atoms with E-state index in [4.69, 9.17) is 9.15 Å². The summed E-state index contributed by atoms with van der Waals surface area (Å²) in [6.45, 7) is 8.73. The zero-order chi connectivity index (χ0) is 15.7. The summed E-state index contributed by atoms with van der Waals surface area (Å²) in [6, 6.07) is 0. The fourth-order valence-corrected chi connectivity index (χ4v) is 3.88. The monoisotopic (exact) mass is 317 g/mol. The molecule has 0 aliphatic carbocycles. The Morgan fingerprint density at radius 1 is 1.33 bits per heavy atom. The summed E-state index contributed by atoms with van der Waals surface area (Å²) in [4.78, 5) is 0. The number of hydrogen-bond acceptors (Lipinski definition) is 6. The second-order valence-electron chi connectivity index (χ2n) is 6.50. The van der Waals surface area contributed by atoms with Crippen LogP contribution in [0.5, 0.6) is 0 Å². The van der Waals surface area contributed by atoms with Gasteiger partial charge in [-0.25, -0.2) is 8.42 Å². The smallest absolute Gasteiger partial charge is 0.246 e. The van der Waals surface area contributed by atoms with E-state index in [1.807, 2.05) is 20.8 Å². The van der Waals surface area contributed by atoms with Gasteiger partial charge in [-0.3, -0.25) is 0 Å². The van der Waals surface area contributed by atoms with Crippen LogP contribution in [0.3, 0.4) is 0 Å². The van der Waals surface area contributed by atoms with E-state index < -0.39 is 16.1 Å². The molecule has 0 bridgehead atoms. The number of sulfonamides is 1. The van der Waals surface area contributed by atoms with Crippen molar-refractivity contribution < 1.29 is 17.6 Å². The fourth-order valence-electron chi connectivity index (χ4n) is 2.03. The minimum atomic E-state index is -3.29. The lowest BCUT2D eigenvalue weighted by atomic mass is 9.94. The Hall–Kier alpha value is -0.990. The molecule has 2 rings (SSSR count). The minimum Gasteiger partial charge on any atom is -0.423 e. The quantitative estimate of drug-likeness (QED) is 0.837. The molecule has 21 heavy (non-hydrogen) atoms. The lowest BCUT2D eigenvalue weighted by Crippen LogP contribution is -2.43. The molecule has 0 unspecified atom stereocenters. The maximum Gasteiger partial charge on any atom is 0.246 e. The molecular weight excluding hydrogens is 294 g/mol. The molecule has 2 heterocycles. The predicted molar refractivity (Wildman–Crippen MR) is 77.2 cm³/mol. The Bertz CT molecular complexity index is 576. The van der Waals surface area contributed by atoms with Gasteiger partial charge in [0.1, 0.15) is 6.10 Å². The Labute approximate surface area is 125 Å². The van der Waals surface area contributed by atoms with Crippen molar-refractivity contribution in [2.45, 2.75) is 40.2 Å². The first kappa shape index (κ1) is 16.4. The Balaban J connectivity index is 2.03. The highest BCUT2D eigenvalue weighted by Crippen LogP contribution is 2.25. The van der Waals surface area contributed by atoms with Gasteiger partial charge in [0.2, 0.25) is 21.8 Å². The molecule has 1 aromatic heterocycles. The molecule has 1 atom stereocenters. The van der Waals surface area contributed by atoms with Crippen LogP contribution in [0, 0.1) is 12.3 Å². The van der Waals surface area contributed by atoms with Crippen LogP contribution < -0.4 is 0 Å². The van der Waals surface area contributed by atoms with Crippen molar-refractivity contribution in [3.05, 3.63) is 11.8 Å². The van der Waals surface area contributed by atoms with Crippen LogP contribution in [-0.4, -0.2) is 48.4 Å². The van der Waals surface area contributed by atoms with Gasteiger partial charge in [-0.2, -0.15) is 4.31 Å². The molecule has 7 nitrogen and oxygen atoms in total. The van der Waals surface area contributed by atoms with Crippen LogP contribution in [0.4, 0.5) is 0 Å². The lowest BCUT2D eigenvalue weighted by Gasteiger charge is -2.31. The summed E-state index contributed by atoms with van der Waals surface area (Å²) in [5.41, 5.74) is -0.0116. The fraction of sp³-hybridized carbons (Fsp3) is 0.846. The first-order valence-electron chi connectivity index (χ1n) is 7.07. The van der Waals surface area contributed by atoms with E-state index in [9.17, 15) is 8.42 Å². The zero-order valence-electron chi connectivity index (χ0n) is 13.0. The molecule has 8 heteroatoms. The van der Waals surface area contributed by atoms with E-state index in [2.05, 4.69) is 10.2 Å². The normalized spacial score (nSPS) is 21.6. The number of nitrogens with zero attached hydrogens (tertiary/aromatic N) is 3. The zero-order valence-corrected chi connectivity index (χ0v) is 13.8. The van der Waals surface area contributed by atoms with E-state index >= 15 is 0 Å². The van der Waals surface area contributed by atoms with Gasteiger partial charge in [-0.05, 0) is 11.8 Å². The third kappa shape index (κ3) is 4.49. The molecule has 1 fully saturated rings. The van der Waals surface area contributed by atoms with E-state index in [-0.39, 0.29) is 17.7 Å². The molecule has 1 saturated heterocycles. The third-order valence-electron chi connectivity index (χ3n) is 3.35. The van der Waals surface area contributed by atoms with Gasteiger partial charge in [0, 0.05) is 20.0 Å². The van der Waals surface area contributed by atoms with Crippen molar-refractivity contribution in [3.8, 4) is 0 Å². The molecule has 0 spiro atoms. The van der Waals surface area contributed by atoms with Crippen LogP contribution in [0.25, 0.3) is 0 Å². The van der Waals surface area contributed by atoms with Crippen molar-refractivity contribution >= 4 is 10.0 Å². The molecule has 0 saturated carbocycles. The summed E-state index contributed by atoms with van der Waals surface area (Å²) in [6.07, 6.45) is 0.140. The van der Waals surface area contributed by atoms with Crippen LogP contribution in [0.15, 0.2) is 4.42 Å². The first-order valence-corrected chi connectivity index (χ1v) is 8.68. The summed E-state index contributed by atoms with van der Waals surface area (Å²) < 4.78 is 37.2. The molecular formula is C13H23N3O4S. The Morgan fingerprint density at radius 3 is 2.62 bits per heavy atom. The standard InChI is InChI=1S/C13H23N3O4S/c1-10-14-15-12(20-10)11-9-16(6-7-19-11)21(17,18)8-5-13(2,3)4/h11H,5-9H2,1-4H3/t11-/m0/s1. The van der Waals surface area contributed by atoms with E-state index in [1.54, 1.807) is 6.92 Å².